The van der Waals surface area contributed by atoms with E-state index in [1.54, 1.807) is 0 Å². The van der Waals surface area contributed by atoms with Crippen molar-refractivity contribution in [3.63, 3.8) is 0 Å². The standard InChI is InChI=1S/C7H5N5O8/c8-5-3-1-2-4(6(5)9(13)14)7(10(15)16,11(17)18)12(19)20/h1-3H,8H2. The molecule has 0 fully saturated rings. The molecule has 106 valence electrons. The zero-order chi connectivity index (χ0) is 15.7. The summed E-state index contributed by atoms with van der Waals surface area (Å²) in [7, 11) is 0. The molecule has 0 unspecified atom stereocenters. The molecular formula is C7H5N5O8. The van der Waals surface area contributed by atoms with Crippen LogP contribution >= 0.6 is 0 Å². The summed E-state index contributed by atoms with van der Waals surface area (Å²) in [6.07, 6.45) is 0. The van der Waals surface area contributed by atoms with Crippen molar-refractivity contribution in [3.8, 4) is 0 Å². The number of nitro groups is 4. The number of nitrogens with two attached hydrogens (primary N) is 1. The quantitative estimate of drug-likeness (QED) is 0.337. The predicted molar refractivity (Wildman–Crippen MR) is 60.2 cm³/mol. The Morgan fingerprint density at radius 1 is 0.900 bits per heavy atom. The summed E-state index contributed by atoms with van der Waals surface area (Å²) in [5.74, 6) is -4.10. The molecule has 0 spiro atoms. The van der Waals surface area contributed by atoms with Gasteiger partial charge in [-0.2, -0.15) is 0 Å². The van der Waals surface area contributed by atoms with Gasteiger partial charge in [0.25, 0.3) is 5.56 Å². The first kappa shape index (κ1) is 14.7. The molecule has 0 saturated heterocycles. The third kappa shape index (κ3) is 1.82. The summed E-state index contributed by atoms with van der Waals surface area (Å²) in [4.78, 5) is 36.6. The van der Waals surface area contributed by atoms with Gasteiger partial charge in [-0.25, -0.2) is 0 Å². The number of hydrogen-bond acceptors (Lipinski definition) is 9. The van der Waals surface area contributed by atoms with E-state index >= 15 is 0 Å². The van der Waals surface area contributed by atoms with Crippen LogP contribution in [0.2, 0.25) is 0 Å². The Labute approximate surface area is 108 Å². The van der Waals surface area contributed by atoms with Crippen molar-refractivity contribution in [2.75, 3.05) is 5.73 Å². The van der Waals surface area contributed by atoms with Crippen molar-refractivity contribution in [2.24, 2.45) is 0 Å². The summed E-state index contributed by atoms with van der Waals surface area (Å²) in [6.45, 7) is 0. The highest BCUT2D eigenvalue weighted by Crippen LogP contribution is 2.37. The van der Waals surface area contributed by atoms with Gasteiger partial charge in [-0.15, -0.1) is 0 Å². The van der Waals surface area contributed by atoms with E-state index in [0.29, 0.717) is 6.07 Å². The Hall–Kier alpha value is -3.38. The topological polar surface area (TPSA) is 199 Å². The zero-order valence-electron chi connectivity index (χ0n) is 9.36. The lowest BCUT2D eigenvalue weighted by molar-refractivity contribution is -0.986. The Kier molecular flexibility index (Phi) is 3.46. The molecular weight excluding hydrogens is 282 g/mol. The van der Waals surface area contributed by atoms with Gasteiger partial charge in [0, 0.05) is 0 Å². The molecule has 1 rings (SSSR count). The van der Waals surface area contributed by atoms with Crippen LogP contribution in [-0.2, 0) is 5.79 Å². The summed E-state index contributed by atoms with van der Waals surface area (Å²) in [5, 5.41) is 43.4. The molecule has 20 heavy (non-hydrogen) atoms. The van der Waals surface area contributed by atoms with Gasteiger partial charge in [-0.3, -0.25) is 40.5 Å². The molecule has 0 amide bonds. The van der Waals surface area contributed by atoms with Crippen molar-refractivity contribution >= 4 is 11.4 Å². The lowest BCUT2D eigenvalue weighted by Crippen LogP contribution is -2.50. The van der Waals surface area contributed by atoms with E-state index in [1.165, 1.54) is 0 Å². The van der Waals surface area contributed by atoms with Crippen LogP contribution < -0.4 is 5.73 Å². The third-order valence-corrected chi connectivity index (χ3v) is 2.37. The number of benzene rings is 1. The smallest absolute Gasteiger partial charge is 0.393 e. The Bertz CT molecular complexity index is 592. The fraction of sp³-hybridized carbons (Fsp3) is 0.143. The third-order valence-electron chi connectivity index (χ3n) is 2.37. The zero-order valence-corrected chi connectivity index (χ0v) is 9.36. The van der Waals surface area contributed by atoms with Crippen molar-refractivity contribution in [1.82, 2.24) is 0 Å². The second-order valence-electron chi connectivity index (χ2n) is 3.41. The first-order chi connectivity index (χ1) is 9.17. The van der Waals surface area contributed by atoms with Gasteiger partial charge in [-0.05, 0) is 12.1 Å². The number of para-hydroxylation sites is 1. The van der Waals surface area contributed by atoms with Crippen molar-refractivity contribution in [1.29, 1.82) is 0 Å². The van der Waals surface area contributed by atoms with E-state index in [4.69, 9.17) is 5.73 Å². The van der Waals surface area contributed by atoms with E-state index in [2.05, 4.69) is 0 Å². The van der Waals surface area contributed by atoms with Crippen LogP contribution in [0.3, 0.4) is 0 Å². The van der Waals surface area contributed by atoms with E-state index in [1.807, 2.05) is 0 Å². The highest BCUT2D eigenvalue weighted by molar-refractivity contribution is 5.63. The van der Waals surface area contributed by atoms with Gasteiger partial charge >= 0.3 is 11.5 Å². The molecule has 0 aliphatic carbocycles. The summed E-state index contributed by atoms with van der Waals surface area (Å²) in [6, 6.07) is 2.39. The maximum atomic E-state index is 10.8. The van der Waals surface area contributed by atoms with Crippen LogP contribution in [0, 0.1) is 40.5 Å². The second-order valence-corrected chi connectivity index (χ2v) is 3.41. The molecule has 1 aromatic carbocycles. The van der Waals surface area contributed by atoms with E-state index < -0.39 is 42.4 Å². The molecule has 0 heterocycles. The monoisotopic (exact) mass is 287 g/mol. The number of rotatable bonds is 5. The number of nitrogens with zero attached hydrogens (tertiary/aromatic N) is 4. The van der Waals surface area contributed by atoms with Crippen molar-refractivity contribution in [2.45, 2.75) is 5.79 Å². The van der Waals surface area contributed by atoms with E-state index in [0.717, 1.165) is 12.1 Å². The lowest BCUT2D eigenvalue weighted by Gasteiger charge is -2.09. The largest absolute Gasteiger partial charge is 0.735 e. The molecule has 1 aromatic rings. The average Bonchev–Trinajstić information content (AvgIpc) is 2.27. The molecule has 0 bridgehead atoms. The number of nitrogen functional groups attached to an aromatic ring is 1. The Morgan fingerprint density at radius 3 is 1.70 bits per heavy atom. The van der Waals surface area contributed by atoms with Gasteiger partial charge < -0.3 is 5.73 Å². The van der Waals surface area contributed by atoms with E-state index in [-0.39, 0.29) is 0 Å². The Balaban J connectivity index is 3.90. The van der Waals surface area contributed by atoms with Gasteiger partial charge in [-0.1, -0.05) is 6.07 Å². The van der Waals surface area contributed by atoms with Crippen molar-refractivity contribution < 1.29 is 19.7 Å². The van der Waals surface area contributed by atoms with Crippen LogP contribution in [0.15, 0.2) is 18.2 Å². The minimum atomic E-state index is -4.10. The summed E-state index contributed by atoms with van der Waals surface area (Å²) >= 11 is 0. The van der Waals surface area contributed by atoms with Crippen LogP contribution in [0.25, 0.3) is 0 Å². The molecule has 0 radical (unpaired) electrons. The highest BCUT2D eigenvalue weighted by atomic mass is 16.7. The van der Waals surface area contributed by atoms with E-state index in [9.17, 15) is 40.5 Å². The van der Waals surface area contributed by atoms with Crippen LogP contribution in [0.4, 0.5) is 11.4 Å². The van der Waals surface area contributed by atoms with Gasteiger partial charge in [0.2, 0.25) is 0 Å². The van der Waals surface area contributed by atoms with Crippen molar-refractivity contribution in [3.05, 3.63) is 64.2 Å². The molecule has 13 heteroatoms. The maximum absolute atomic E-state index is 10.8. The van der Waals surface area contributed by atoms with Gasteiger partial charge in [0.15, 0.2) is 14.8 Å². The first-order valence-electron chi connectivity index (χ1n) is 4.64. The molecule has 0 aliphatic rings. The van der Waals surface area contributed by atoms with Gasteiger partial charge in [0.05, 0.1) is 4.92 Å². The minimum absolute atomic E-state index is 0.545. The Morgan fingerprint density at radius 2 is 1.35 bits per heavy atom. The molecule has 0 atom stereocenters. The number of anilines is 1. The van der Waals surface area contributed by atoms with Crippen LogP contribution in [0.1, 0.15) is 5.56 Å². The predicted octanol–water partition coefficient (Wildman–Crippen LogP) is 0.117. The maximum Gasteiger partial charge on any atom is 0.735 e. The molecule has 0 aliphatic heterocycles. The highest BCUT2D eigenvalue weighted by Gasteiger charge is 2.75. The fourth-order valence-electron chi connectivity index (χ4n) is 1.53. The number of hydrogen-bond donors (Lipinski definition) is 1. The molecule has 2 N–H and O–H groups in total. The molecule has 0 saturated carbocycles. The SMILES string of the molecule is Nc1cccc(C([N+](=O)[O-])([N+](=O)[O-])[N+](=O)[O-])c1[N+](=O)[O-]. The van der Waals surface area contributed by atoms with Crippen LogP contribution in [-0.4, -0.2) is 19.7 Å². The summed E-state index contributed by atoms with van der Waals surface area (Å²) < 4.78 is 0. The molecule has 0 aromatic heterocycles. The number of nitro benzene ring substituents is 1. The minimum Gasteiger partial charge on any atom is -0.393 e. The lowest BCUT2D eigenvalue weighted by atomic mass is 10.1. The molecule has 13 nitrogen and oxygen atoms in total. The first-order valence-corrected chi connectivity index (χ1v) is 4.64. The average molecular weight is 287 g/mol. The summed E-state index contributed by atoms with van der Waals surface area (Å²) in [5.41, 5.74) is 1.96. The normalized spacial score (nSPS) is 10.8. The second kappa shape index (κ2) is 4.71. The fourth-order valence-corrected chi connectivity index (χ4v) is 1.53. The van der Waals surface area contributed by atoms with Gasteiger partial charge in [0.1, 0.15) is 5.69 Å². The van der Waals surface area contributed by atoms with Crippen LogP contribution in [0.5, 0.6) is 0 Å².